The third-order valence-corrected chi connectivity index (χ3v) is 2.53. The lowest BCUT2D eigenvalue weighted by Gasteiger charge is -2.03. The van der Waals surface area contributed by atoms with Gasteiger partial charge < -0.3 is 10.5 Å². The van der Waals surface area contributed by atoms with Crippen LogP contribution in [0.4, 0.5) is 0 Å². The van der Waals surface area contributed by atoms with Crippen LogP contribution >= 0.6 is 11.8 Å². The zero-order valence-corrected chi connectivity index (χ0v) is 7.76. The molecule has 68 valence electrons. The third-order valence-electron chi connectivity index (χ3n) is 1.44. The minimum atomic E-state index is -0.325. The summed E-state index contributed by atoms with van der Waals surface area (Å²) in [6.07, 6.45) is 0. The summed E-state index contributed by atoms with van der Waals surface area (Å²) in [4.78, 5) is 15.2. The molecule has 0 bridgehead atoms. The van der Waals surface area contributed by atoms with E-state index < -0.39 is 0 Å². The molecule has 0 aliphatic carbocycles. The lowest BCUT2D eigenvalue weighted by Crippen LogP contribution is -2.21. The fourth-order valence-electron chi connectivity index (χ4n) is 0.894. The number of carbonyl (C=O) groups excluding carboxylic acids is 1. The topological polar surface area (TPSA) is 64.7 Å². The Bertz CT molecular complexity index is 206. The molecule has 1 aliphatic heterocycles. The Morgan fingerprint density at radius 2 is 2.67 bits per heavy atom. The monoisotopic (exact) mass is 188 g/mol. The maximum atomic E-state index is 11.1. The summed E-state index contributed by atoms with van der Waals surface area (Å²) in [5.41, 5.74) is 5.37. The first-order valence-corrected chi connectivity index (χ1v) is 4.82. The van der Waals surface area contributed by atoms with Crippen molar-refractivity contribution in [2.24, 2.45) is 10.7 Å². The van der Waals surface area contributed by atoms with Crippen molar-refractivity contribution in [3.05, 3.63) is 0 Å². The molecule has 0 aromatic rings. The van der Waals surface area contributed by atoms with Gasteiger partial charge in [-0.1, -0.05) is 0 Å². The van der Waals surface area contributed by atoms with Crippen molar-refractivity contribution >= 4 is 22.8 Å². The van der Waals surface area contributed by atoms with Gasteiger partial charge in [0, 0.05) is 12.3 Å². The van der Waals surface area contributed by atoms with Crippen molar-refractivity contribution in [3.8, 4) is 0 Å². The van der Waals surface area contributed by atoms with Crippen LogP contribution < -0.4 is 5.73 Å². The molecule has 5 heteroatoms. The van der Waals surface area contributed by atoms with Gasteiger partial charge in [0.1, 0.15) is 0 Å². The average molecular weight is 188 g/mol. The number of nitrogens with two attached hydrogens (primary N) is 1. The molecular formula is C7H12N2O2S. The average Bonchev–Trinajstić information content (AvgIpc) is 2.52. The summed E-state index contributed by atoms with van der Waals surface area (Å²) in [7, 11) is 0. The number of hydrogen-bond acceptors (Lipinski definition) is 5. The number of ether oxygens (including phenoxy) is 1. The largest absolute Gasteiger partial charge is 0.464 e. The minimum Gasteiger partial charge on any atom is -0.464 e. The van der Waals surface area contributed by atoms with Crippen molar-refractivity contribution in [2.75, 3.05) is 18.9 Å². The molecule has 0 aromatic carbocycles. The van der Waals surface area contributed by atoms with Crippen LogP contribution in [0.5, 0.6) is 0 Å². The van der Waals surface area contributed by atoms with Crippen molar-refractivity contribution < 1.29 is 9.53 Å². The molecule has 0 saturated heterocycles. The number of thioether (sulfide) groups is 1. The molecule has 0 amide bonds. The van der Waals surface area contributed by atoms with Crippen LogP contribution in [0.1, 0.15) is 6.92 Å². The van der Waals surface area contributed by atoms with Gasteiger partial charge in [-0.15, -0.1) is 11.8 Å². The van der Waals surface area contributed by atoms with Crippen molar-refractivity contribution in [1.82, 2.24) is 0 Å². The van der Waals surface area contributed by atoms with Crippen molar-refractivity contribution in [3.63, 3.8) is 0 Å². The fourth-order valence-corrected chi connectivity index (χ4v) is 1.77. The van der Waals surface area contributed by atoms with Crippen LogP contribution in [0, 0.1) is 0 Å². The molecule has 0 fully saturated rings. The Morgan fingerprint density at radius 3 is 3.17 bits per heavy atom. The van der Waals surface area contributed by atoms with Gasteiger partial charge >= 0.3 is 5.97 Å². The predicted octanol–water partition coefficient (Wildman–Crippen LogP) is 0.0221. The van der Waals surface area contributed by atoms with Gasteiger partial charge in [-0.25, -0.2) is 4.79 Å². The highest BCUT2D eigenvalue weighted by Crippen LogP contribution is 2.17. The second-order valence-electron chi connectivity index (χ2n) is 2.31. The van der Waals surface area contributed by atoms with Gasteiger partial charge in [-0.3, -0.25) is 4.99 Å². The first-order valence-electron chi connectivity index (χ1n) is 3.84. The third kappa shape index (κ3) is 2.22. The van der Waals surface area contributed by atoms with Crippen LogP contribution in [0.25, 0.3) is 0 Å². The Hall–Kier alpha value is -0.550. The molecule has 2 N–H and O–H groups in total. The Kier molecular flexibility index (Phi) is 3.55. The highest BCUT2D eigenvalue weighted by molar-refractivity contribution is 8.14. The van der Waals surface area contributed by atoms with Crippen LogP contribution in [-0.2, 0) is 9.53 Å². The SMILES string of the molecule is CCOC(=O)C1CSC(CN)=N1. The maximum Gasteiger partial charge on any atom is 0.331 e. The van der Waals surface area contributed by atoms with Gasteiger partial charge in [-0.2, -0.15) is 0 Å². The Labute approximate surface area is 75.6 Å². The molecule has 1 aliphatic rings. The highest BCUT2D eigenvalue weighted by Gasteiger charge is 2.24. The molecule has 0 aromatic heterocycles. The molecular weight excluding hydrogens is 176 g/mol. The molecule has 1 rings (SSSR count). The first-order chi connectivity index (χ1) is 5.77. The minimum absolute atomic E-state index is 0.242. The maximum absolute atomic E-state index is 11.1. The first kappa shape index (κ1) is 9.54. The number of carbonyl (C=O) groups is 1. The number of nitrogens with zero attached hydrogens (tertiary/aromatic N) is 1. The van der Waals surface area contributed by atoms with Gasteiger partial charge in [0.05, 0.1) is 11.7 Å². The Balaban J connectivity index is 2.45. The summed E-state index contributed by atoms with van der Waals surface area (Å²) in [6, 6.07) is -0.325. The summed E-state index contributed by atoms with van der Waals surface area (Å²) in [6.45, 7) is 2.61. The van der Waals surface area contributed by atoms with E-state index in [2.05, 4.69) is 4.99 Å². The number of rotatable bonds is 3. The zero-order valence-electron chi connectivity index (χ0n) is 6.95. The van der Waals surface area contributed by atoms with E-state index in [0.29, 0.717) is 18.9 Å². The van der Waals surface area contributed by atoms with Gasteiger partial charge in [-0.05, 0) is 6.92 Å². The van der Waals surface area contributed by atoms with Crippen molar-refractivity contribution in [1.29, 1.82) is 0 Å². The van der Waals surface area contributed by atoms with Gasteiger partial charge in [0.15, 0.2) is 6.04 Å². The molecule has 1 heterocycles. The van der Waals surface area contributed by atoms with E-state index in [4.69, 9.17) is 10.5 Å². The lowest BCUT2D eigenvalue weighted by molar-refractivity contribution is -0.143. The number of hydrogen-bond donors (Lipinski definition) is 1. The van der Waals surface area contributed by atoms with Crippen LogP contribution in [-0.4, -0.2) is 36.0 Å². The summed E-state index contributed by atoms with van der Waals surface area (Å²) >= 11 is 1.53. The van der Waals surface area contributed by atoms with E-state index in [1.807, 2.05) is 0 Å². The van der Waals surface area contributed by atoms with E-state index in [9.17, 15) is 4.79 Å². The Morgan fingerprint density at radius 1 is 1.92 bits per heavy atom. The molecule has 0 saturated carbocycles. The van der Waals surface area contributed by atoms with Crippen LogP contribution in [0.2, 0.25) is 0 Å². The highest BCUT2D eigenvalue weighted by atomic mass is 32.2. The molecule has 12 heavy (non-hydrogen) atoms. The van der Waals surface area contributed by atoms with Crippen LogP contribution in [0.15, 0.2) is 4.99 Å². The van der Waals surface area contributed by atoms with E-state index in [-0.39, 0.29) is 12.0 Å². The number of aliphatic imine (C=N–C) groups is 1. The summed E-state index contributed by atoms with van der Waals surface area (Å²) in [5, 5.41) is 0.841. The van der Waals surface area contributed by atoms with Gasteiger partial charge in [0.25, 0.3) is 0 Å². The smallest absolute Gasteiger partial charge is 0.331 e. The lowest BCUT2D eigenvalue weighted by atomic mass is 10.3. The second kappa shape index (κ2) is 4.47. The standard InChI is InChI=1S/C7H12N2O2S/c1-2-11-7(10)5-4-12-6(3-8)9-5/h5H,2-4,8H2,1H3. The van der Waals surface area contributed by atoms with E-state index >= 15 is 0 Å². The molecule has 1 unspecified atom stereocenters. The summed E-state index contributed by atoms with van der Waals surface area (Å²) in [5.74, 6) is 0.430. The van der Waals surface area contributed by atoms with E-state index in [1.165, 1.54) is 11.8 Å². The zero-order chi connectivity index (χ0) is 8.97. The van der Waals surface area contributed by atoms with E-state index in [1.54, 1.807) is 6.92 Å². The quantitative estimate of drug-likeness (QED) is 0.634. The summed E-state index contributed by atoms with van der Waals surface area (Å²) < 4.78 is 4.82. The van der Waals surface area contributed by atoms with E-state index in [0.717, 1.165) is 5.04 Å². The normalized spacial score (nSPS) is 22.2. The molecule has 1 atom stereocenters. The van der Waals surface area contributed by atoms with Gasteiger partial charge in [0.2, 0.25) is 0 Å². The molecule has 0 radical (unpaired) electrons. The molecule has 4 nitrogen and oxygen atoms in total. The second-order valence-corrected chi connectivity index (χ2v) is 3.40. The van der Waals surface area contributed by atoms with Crippen molar-refractivity contribution in [2.45, 2.75) is 13.0 Å². The molecule has 0 spiro atoms. The number of esters is 1. The fraction of sp³-hybridized carbons (Fsp3) is 0.714. The van der Waals surface area contributed by atoms with Crippen LogP contribution in [0.3, 0.4) is 0 Å². The predicted molar refractivity (Wildman–Crippen MR) is 49.4 cm³/mol.